The van der Waals surface area contributed by atoms with E-state index in [1.807, 2.05) is 35.2 Å². The topological polar surface area (TPSA) is 32.8 Å². The molecule has 150 valence electrons. The zero-order valence-electron chi connectivity index (χ0n) is 16.8. The van der Waals surface area contributed by atoms with Crippen molar-refractivity contribution in [1.29, 1.82) is 0 Å². The maximum atomic E-state index is 13.2. The Morgan fingerprint density at radius 2 is 1.79 bits per heavy atom. The van der Waals surface area contributed by atoms with Gasteiger partial charge in [0.05, 0.1) is 19.0 Å². The predicted molar refractivity (Wildman–Crippen MR) is 116 cm³/mol. The molecule has 1 unspecified atom stereocenters. The van der Waals surface area contributed by atoms with Gasteiger partial charge in [-0.15, -0.1) is 11.8 Å². The number of carbonyl (C=O) groups is 1. The first-order chi connectivity index (χ1) is 13.6. The lowest BCUT2D eigenvalue weighted by atomic mass is 10.1. The van der Waals surface area contributed by atoms with Crippen molar-refractivity contribution in [1.82, 2.24) is 9.80 Å². The van der Waals surface area contributed by atoms with Gasteiger partial charge in [0, 0.05) is 37.1 Å². The van der Waals surface area contributed by atoms with E-state index in [-0.39, 0.29) is 11.9 Å². The summed E-state index contributed by atoms with van der Waals surface area (Å²) in [7, 11) is 0. The van der Waals surface area contributed by atoms with E-state index in [0.717, 1.165) is 32.8 Å². The Morgan fingerprint density at radius 3 is 2.50 bits per heavy atom. The third-order valence-electron chi connectivity index (χ3n) is 5.12. The number of amides is 1. The molecule has 0 N–H and O–H groups in total. The number of hydrogen-bond acceptors (Lipinski definition) is 4. The molecule has 0 aromatic heterocycles. The van der Waals surface area contributed by atoms with Crippen LogP contribution in [0.5, 0.6) is 0 Å². The summed E-state index contributed by atoms with van der Waals surface area (Å²) in [6, 6.07) is 18.7. The molecule has 1 aliphatic heterocycles. The zero-order valence-corrected chi connectivity index (χ0v) is 17.7. The van der Waals surface area contributed by atoms with Crippen molar-refractivity contribution in [3.63, 3.8) is 0 Å². The van der Waals surface area contributed by atoms with E-state index in [0.29, 0.717) is 12.3 Å². The number of rotatable bonds is 8. The highest BCUT2D eigenvalue weighted by molar-refractivity contribution is 8.00. The quantitative estimate of drug-likeness (QED) is 0.633. The second-order valence-electron chi connectivity index (χ2n) is 7.32. The van der Waals surface area contributed by atoms with Crippen LogP contribution in [-0.4, -0.2) is 60.3 Å². The van der Waals surface area contributed by atoms with Gasteiger partial charge in [0.1, 0.15) is 0 Å². The number of aryl methyl sites for hydroxylation is 1. The number of morpholine rings is 1. The number of nitrogens with zero attached hydrogens (tertiary/aromatic N) is 2. The van der Waals surface area contributed by atoms with Gasteiger partial charge in [0.2, 0.25) is 5.91 Å². The van der Waals surface area contributed by atoms with Gasteiger partial charge in [-0.3, -0.25) is 9.69 Å². The average Bonchev–Trinajstić information content (AvgIpc) is 2.72. The molecule has 4 nitrogen and oxygen atoms in total. The normalized spacial score (nSPS) is 15.9. The second-order valence-corrected chi connectivity index (χ2v) is 8.34. The Labute approximate surface area is 172 Å². The van der Waals surface area contributed by atoms with Gasteiger partial charge in [-0.05, 0) is 31.0 Å². The largest absolute Gasteiger partial charge is 0.379 e. The van der Waals surface area contributed by atoms with Crippen LogP contribution in [0.25, 0.3) is 0 Å². The third-order valence-corrected chi connectivity index (χ3v) is 6.28. The molecule has 2 aromatic rings. The van der Waals surface area contributed by atoms with Crippen LogP contribution in [0.3, 0.4) is 0 Å². The molecule has 1 aliphatic rings. The molecule has 0 saturated carbocycles. The Kier molecular flexibility index (Phi) is 7.95. The molecule has 0 aliphatic carbocycles. The van der Waals surface area contributed by atoms with Gasteiger partial charge in [-0.2, -0.15) is 0 Å². The van der Waals surface area contributed by atoms with Crippen molar-refractivity contribution >= 4 is 17.7 Å². The smallest absolute Gasteiger partial charge is 0.233 e. The number of hydrogen-bond donors (Lipinski definition) is 0. The standard InChI is InChI=1S/C23H30N2O2S/c1-19-8-6-7-11-22(19)28-18-23(26)25(17-21-9-4-3-5-10-21)20(2)16-24-12-14-27-15-13-24/h3-11,20H,12-18H2,1-2H3. The Balaban J connectivity index is 1.67. The molecule has 3 rings (SSSR count). The van der Waals surface area contributed by atoms with E-state index < -0.39 is 0 Å². The summed E-state index contributed by atoms with van der Waals surface area (Å²) in [6.07, 6.45) is 0. The summed E-state index contributed by atoms with van der Waals surface area (Å²) in [4.78, 5) is 18.8. The number of thioether (sulfide) groups is 1. The minimum Gasteiger partial charge on any atom is -0.379 e. The molecular formula is C23H30N2O2S. The average molecular weight is 399 g/mol. The minimum atomic E-state index is 0.156. The minimum absolute atomic E-state index is 0.156. The van der Waals surface area contributed by atoms with Crippen LogP contribution in [0.15, 0.2) is 59.5 Å². The van der Waals surface area contributed by atoms with Crippen molar-refractivity contribution in [3.8, 4) is 0 Å². The lowest BCUT2D eigenvalue weighted by Crippen LogP contribution is -2.48. The van der Waals surface area contributed by atoms with E-state index in [4.69, 9.17) is 4.74 Å². The van der Waals surface area contributed by atoms with Crippen molar-refractivity contribution in [2.24, 2.45) is 0 Å². The maximum absolute atomic E-state index is 13.2. The van der Waals surface area contributed by atoms with Crippen molar-refractivity contribution in [3.05, 3.63) is 65.7 Å². The highest BCUT2D eigenvalue weighted by atomic mass is 32.2. The fourth-order valence-corrected chi connectivity index (χ4v) is 4.38. The SMILES string of the molecule is Cc1ccccc1SCC(=O)N(Cc1ccccc1)C(C)CN1CCOCC1. The molecule has 28 heavy (non-hydrogen) atoms. The molecule has 0 spiro atoms. The van der Waals surface area contributed by atoms with Crippen molar-refractivity contribution in [2.75, 3.05) is 38.6 Å². The third kappa shape index (κ3) is 6.09. The summed E-state index contributed by atoms with van der Waals surface area (Å²) in [5, 5.41) is 0. The van der Waals surface area contributed by atoms with Gasteiger partial charge in [0.15, 0.2) is 0 Å². The van der Waals surface area contributed by atoms with Crippen LogP contribution >= 0.6 is 11.8 Å². The van der Waals surface area contributed by atoms with Gasteiger partial charge in [-0.1, -0.05) is 48.5 Å². The molecule has 1 atom stereocenters. The number of benzene rings is 2. The lowest BCUT2D eigenvalue weighted by Gasteiger charge is -2.35. The van der Waals surface area contributed by atoms with E-state index in [9.17, 15) is 4.79 Å². The van der Waals surface area contributed by atoms with Crippen molar-refractivity contribution in [2.45, 2.75) is 31.3 Å². The fraction of sp³-hybridized carbons (Fsp3) is 0.435. The molecule has 2 aromatic carbocycles. The van der Waals surface area contributed by atoms with E-state index in [1.54, 1.807) is 11.8 Å². The molecule has 1 saturated heterocycles. The fourth-order valence-electron chi connectivity index (χ4n) is 3.47. The zero-order chi connectivity index (χ0) is 19.8. The van der Waals surface area contributed by atoms with Crippen molar-refractivity contribution < 1.29 is 9.53 Å². The summed E-state index contributed by atoms with van der Waals surface area (Å²) in [5.74, 6) is 0.656. The maximum Gasteiger partial charge on any atom is 0.233 e. The molecule has 0 radical (unpaired) electrons. The number of ether oxygens (including phenoxy) is 1. The highest BCUT2D eigenvalue weighted by Crippen LogP contribution is 2.23. The van der Waals surface area contributed by atoms with Crippen LogP contribution in [0.1, 0.15) is 18.1 Å². The van der Waals surface area contributed by atoms with E-state index in [1.165, 1.54) is 16.0 Å². The van der Waals surface area contributed by atoms with E-state index >= 15 is 0 Å². The molecule has 0 bridgehead atoms. The summed E-state index contributed by atoms with van der Waals surface area (Å²) >= 11 is 1.63. The Bertz CT molecular complexity index is 747. The first-order valence-electron chi connectivity index (χ1n) is 9.95. The lowest BCUT2D eigenvalue weighted by molar-refractivity contribution is -0.131. The monoisotopic (exact) mass is 398 g/mol. The molecule has 1 heterocycles. The van der Waals surface area contributed by atoms with Gasteiger partial charge in [-0.25, -0.2) is 0 Å². The van der Waals surface area contributed by atoms with Gasteiger partial charge >= 0.3 is 0 Å². The van der Waals surface area contributed by atoms with E-state index in [2.05, 4.69) is 43.0 Å². The highest BCUT2D eigenvalue weighted by Gasteiger charge is 2.23. The molecule has 1 amide bonds. The van der Waals surface area contributed by atoms with Gasteiger partial charge in [0.25, 0.3) is 0 Å². The second kappa shape index (κ2) is 10.6. The predicted octanol–water partition coefficient (Wildman–Crippen LogP) is 3.84. The Morgan fingerprint density at radius 1 is 1.11 bits per heavy atom. The first-order valence-corrected chi connectivity index (χ1v) is 10.9. The number of carbonyl (C=O) groups excluding carboxylic acids is 1. The van der Waals surface area contributed by atoms with Crippen LogP contribution in [0, 0.1) is 6.92 Å². The first kappa shape index (κ1) is 20.9. The molecule has 1 fully saturated rings. The van der Waals surface area contributed by atoms with Crippen LogP contribution < -0.4 is 0 Å². The summed E-state index contributed by atoms with van der Waals surface area (Å²) in [6.45, 7) is 9.23. The summed E-state index contributed by atoms with van der Waals surface area (Å²) in [5.41, 5.74) is 2.39. The Hall–Kier alpha value is -1.82. The molecule has 5 heteroatoms. The van der Waals surface area contributed by atoms with Crippen LogP contribution in [-0.2, 0) is 16.1 Å². The molecular weight excluding hydrogens is 368 g/mol. The van der Waals surface area contributed by atoms with Gasteiger partial charge < -0.3 is 9.64 Å². The summed E-state index contributed by atoms with van der Waals surface area (Å²) < 4.78 is 5.46. The van der Waals surface area contributed by atoms with Crippen LogP contribution in [0.4, 0.5) is 0 Å². The van der Waals surface area contributed by atoms with Crippen LogP contribution in [0.2, 0.25) is 0 Å².